The molecule has 0 aromatic rings. The van der Waals surface area contributed by atoms with Crippen molar-refractivity contribution >= 4 is 38.4 Å². The summed E-state index contributed by atoms with van der Waals surface area (Å²) in [6, 6.07) is 0. The predicted octanol–water partition coefficient (Wildman–Crippen LogP) is 0.996. The number of hydrogen-bond acceptors (Lipinski definition) is 0. The first-order valence-corrected chi connectivity index (χ1v) is 9.95. The molecule has 0 N–H and O–H groups in total. The van der Waals surface area contributed by atoms with Gasteiger partial charge in [0.1, 0.15) is 0 Å². The average Bonchev–Trinajstić information content (AvgIpc) is 0.918. The van der Waals surface area contributed by atoms with Crippen molar-refractivity contribution in [2.45, 2.75) is 0 Å². The van der Waals surface area contributed by atoms with Gasteiger partial charge in [0.25, 0.3) is 0 Å². The van der Waals surface area contributed by atoms with Crippen molar-refractivity contribution in [3.63, 3.8) is 0 Å². The molecule has 0 amide bonds. The number of rotatable bonds is 0. The van der Waals surface area contributed by atoms with Crippen LogP contribution in [0.15, 0.2) is 0 Å². The van der Waals surface area contributed by atoms with Crippen molar-refractivity contribution in [1.29, 1.82) is 0 Å². The monoisotopic (exact) mass is 342 g/mol. The van der Waals surface area contributed by atoms with Crippen molar-refractivity contribution in [2.75, 3.05) is 0 Å². The van der Waals surface area contributed by atoms with Crippen molar-refractivity contribution in [2.24, 2.45) is 0 Å². The fourth-order valence-corrected chi connectivity index (χ4v) is 0. The third-order valence-electron chi connectivity index (χ3n) is 0. The SMILES string of the molecule is [Cl][Pb][Cl].[Zn]. The number of hydrogen-bond donors (Lipinski definition) is 0. The fraction of sp³-hybridized carbons (Fsp3) is 0. The molecule has 0 aliphatic heterocycles. The van der Waals surface area contributed by atoms with E-state index >= 15 is 0 Å². The van der Waals surface area contributed by atoms with E-state index in [0.717, 1.165) is 0 Å². The Labute approximate surface area is 57.1 Å². The van der Waals surface area contributed by atoms with Crippen molar-refractivity contribution in [3.05, 3.63) is 0 Å². The van der Waals surface area contributed by atoms with Crippen LogP contribution in [-0.4, -0.2) is 21.8 Å². The molecule has 0 aliphatic carbocycles. The Morgan fingerprint density at radius 2 is 1.25 bits per heavy atom. The van der Waals surface area contributed by atoms with Crippen LogP contribution in [0.3, 0.4) is 0 Å². The first kappa shape index (κ1) is 9.45. The van der Waals surface area contributed by atoms with Gasteiger partial charge in [-0.25, -0.2) is 0 Å². The molecule has 0 aliphatic rings. The molecule has 0 unspecified atom stereocenters. The van der Waals surface area contributed by atoms with Crippen molar-refractivity contribution in [1.82, 2.24) is 0 Å². The summed E-state index contributed by atoms with van der Waals surface area (Å²) in [7, 11) is 9.92. The smallest absolute Gasteiger partial charge is 0 e. The molecule has 4 heteroatoms. The molecule has 0 aromatic heterocycles. The summed E-state index contributed by atoms with van der Waals surface area (Å²) in [6.07, 6.45) is 0. The van der Waals surface area contributed by atoms with Crippen LogP contribution in [0.2, 0.25) is 0 Å². The second kappa shape index (κ2) is 8.93. The van der Waals surface area contributed by atoms with E-state index in [1.165, 1.54) is 0 Å². The molecule has 0 fully saturated rings. The molecule has 0 nitrogen and oxygen atoms in total. The summed E-state index contributed by atoms with van der Waals surface area (Å²) in [4.78, 5) is 0. The van der Waals surface area contributed by atoms with Gasteiger partial charge in [0.2, 0.25) is 0 Å². The molecule has 0 aromatic carbocycles. The summed E-state index contributed by atoms with van der Waals surface area (Å²) in [5.41, 5.74) is 0. The van der Waals surface area contributed by atoms with E-state index in [1.54, 1.807) is 0 Å². The Bertz CT molecular complexity index is 6.00. The molecule has 0 saturated carbocycles. The standard InChI is InChI=1S/2ClH.Pb.Zn/h2*1H;;/q;;+2;/p-2. The van der Waals surface area contributed by atoms with E-state index < -0.39 is 21.8 Å². The van der Waals surface area contributed by atoms with Crippen molar-refractivity contribution < 1.29 is 19.5 Å². The summed E-state index contributed by atoms with van der Waals surface area (Å²) >= 11 is -0.972. The van der Waals surface area contributed by atoms with Gasteiger partial charge in [0.05, 0.1) is 0 Å². The second-order valence-electron chi connectivity index (χ2n) is 0.0714. The van der Waals surface area contributed by atoms with Gasteiger partial charge in [-0.15, -0.1) is 0 Å². The van der Waals surface area contributed by atoms with E-state index in [9.17, 15) is 0 Å². The third-order valence-corrected chi connectivity index (χ3v) is 0. The summed E-state index contributed by atoms with van der Waals surface area (Å²) < 4.78 is 0. The first-order chi connectivity index (χ1) is 1.41. The normalized spacial score (nSPS) is 4.50. The molecular formula is Cl2PbZn. The van der Waals surface area contributed by atoms with Gasteiger partial charge in [-0.2, -0.15) is 0 Å². The Kier molecular flexibility index (Phi) is 21.1. The molecule has 0 bridgehead atoms. The van der Waals surface area contributed by atoms with Crippen LogP contribution >= 0.6 is 16.6 Å². The van der Waals surface area contributed by atoms with Gasteiger partial charge in [-0.1, -0.05) is 0 Å². The van der Waals surface area contributed by atoms with E-state index in [1.807, 2.05) is 0 Å². The Balaban J connectivity index is 0. The summed E-state index contributed by atoms with van der Waals surface area (Å²) in [5.74, 6) is 0. The minimum absolute atomic E-state index is 0. The van der Waals surface area contributed by atoms with Gasteiger partial charge >= 0.3 is 38.4 Å². The first-order valence-electron chi connectivity index (χ1n) is 0.378. The zero-order chi connectivity index (χ0) is 2.71. The van der Waals surface area contributed by atoms with E-state index in [4.69, 9.17) is 16.6 Å². The van der Waals surface area contributed by atoms with Gasteiger partial charge < -0.3 is 0 Å². The molecule has 2 radical (unpaired) electrons. The van der Waals surface area contributed by atoms with Gasteiger partial charge in [-0.3, -0.25) is 0 Å². The Morgan fingerprint density at radius 1 is 1.25 bits per heavy atom. The summed E-state index contributed by atoms with van der Waals surface area (Å²) in [5, 5.41) is 0. The average molecular weight is 343 g/mol. The van der Waals surface area contributed by atoms with Gasteiger partial charge in [-0.05, 0) is 0 Å². The molecule has 0 atom stereocenters. The second-order valence-corrected chi connectivity index (χ2v) is 5.64. The maximum absolute atomic E-state index is 4.96. The van der Waals surface area contributed by atoms with E-state index in [0.29, 0.717) is 0 Å². The molecule has 20 valence electrons. The molecule has 4 heavy (non-hydrogen) atoms. The molecule has 0 heterocycles. The van der Waals surface area contributed by atoms with Gasteiger partial charge in [0.15, 0.2) is 0 Å². The van der Waals surface area contributed by atoms with Crippen LogP contribution in [0.5, 0.6) is 0 Å². The van der Waals surface area contributed by atoms with Crippen molar-refractivity contribution in [3.8, 4) is 0 Å². The molecule has 0 saturated heterocycles. The molecule has 0 spiro atoms. The Morgan fingerprint density at radius 3 is 1.25 bits per heavy atom. The van der Waals surface area contributed by atoms with E-state index in [2.05, 4.69) is 0 Å². The minimum Gasteiger partial charge on any atom is 0 e. The van der Waals surface area contributed by atoms with Crippen LogP contribution in [0, 0.1) is 0 Å². The third kappa shape index (κ3) is 8.92. The summed E-state index contributed by atoms with van der Waals surface area (Å²) in [6.45, 7) is 0. The van der Waals surface area contributed by atoms with Crippen LogP contribution in [0.25, 0.3) is 0 Å². The minimum atomic E-state index is -0.972. The zero-order valence-corrected chi connectivity index (χ0v) is 10.3. The van der Waals surface area contributed by atoms with Crippen LogP contribution in [0.1, 0.15) is 0 Å². The van der Waals surface area contributed by atoms with Crippen LogP contribution < -0.4 is 0 Å². The predicted molar refractivity (Wildman–Crippen MR) is 17.5 cm³/mol. The maximum atomic E-state index is 4.96. The molecule has 0 rings (SSSR count). The fourth-order valence-electron chi connectivity index (χ4n) is 0. The van der Waals surface area contributed by atoms with Crippen LogP contribution in [0.4, 0.5) is 0 Å². The number of halogens is 2. The molecular weight excluding hydrogens is 343 g/mol. The van der Waals surface area contributed by atoms with Crippen LogP contribution in [-0.2, 0) is 19.5 Å². The quantitative estimate of drug-likeness (QED) is 0.576. The van der Waals surface area contributed by atoms with Gasteiger partial charge in [0, 0.05) is 19.5 Å². The Hall–Kier alpha value is 2.13. The van der Waals surface area contributed by atoms with E-state index in [-0.39, 0.29) is 19.5 Å². The topological polar surface area (TPSA) is 0 Å². The zero-order valence-electron chi connectivity index (χ0n) is 1.96. The maximum Gasteiger partial charge on any atom is 0 e. The largest absolute Gasteiger partial charge is 0 e.